The summed E-state index contributed by atoms with van der Waals surface area (Å²) >= 11 is 0. The smallest absolute Gasteiger partial charge is 0.407 e. The van der Waals surface area contributed by atoms with Crippen molar-refractivity contribution in [3.05, 3.63) is 71.9 Å². The summed E-state index contributed by atoms with van der Waals surface area (Å²) in [6.07, 6.45) is 0.103. The van der Waals surface area contributed by atoms with Crippen LogP contribution in [-0.4, -0.2) is 95.6 Å². The van der Waals surface area contributed by atoms with E-state index in [0.29, 0.717) is 55.4 Å². The lowest BCUT2D eigenvalue weighted by atomic mass is 10.0. The summed E-state index contributed by atoms with van der Waals surface area (Å²) in [7, 11) is 4.02. The number of aromatic nitrogens is 2. The number of para-hydroxylation sites is 1. The predicted octanol–water partition coefficient (Wildman–Crippen LogP) is 3.66. The summed E-state index contributed by atoms with van der Waals surface area (Å²) in [5.41, 5.74) is 1.66. The number of likely N-dealkylation sites (tertiary alicyclic amines) is 1. The summed E-state index contributed by atoms with van der Waals surface area (Å²) in [5.74, 6) is 0.302. The van der Waals surface area contributed by atoms with Crippen molar-refractivity contribution in [3.8, 4) is 11.4 Å². The van der Waals surface area contributed by atoms with Crippen molar-refractivity contribution in [1.82, 2.24) is 25.1 Å². The minimum atomic E-state index is -0.953. The van der Waals surface area contributed by atoms with Gasteiger partial charge in [0, 0.05) is 50.4 Å². The number of nitrogens with zero attached hydrogens (tertiary/aromatic N) is 5. The van der Waals surface area contributed by atoms with Crippen molar-refractivity contribution in [3.63, 3.8) is 0 Å². The van der Waals surface area contributed by atoms with Crippen molar-refractivity contribution in [2.45, 2.75) is 25.8 Å². The molecule has 0 bridgehead atoms. The SMILES string of the molecule is CCN(CCN(C)C)c1cc(C(=O)Nc2ccccc2C(=O)NC2CCN(C(=O)O)CC2)nc(-c2ccccc2)n1. The van der Waals surface area contributed by atoms with E-state index in [-0.39, 0.29) is 17.6 Å². The minimum absolute atomic E-state index is 0.151. The Morgan fingerprint density at radius 1 is 0.951 bits per heavy atom. The number of carbonyl (C=O) groups excluding carboxylic acids is 2. The Morgan fingerprint density at radius 2 is 1.63 bits per heavy atom. The Bertz CT molecular complexity index is 1360. The molecule has 3 N–H and O–H groups in total. The molecule has 1 fully saturated rings. The van der Waals surface area contributed by atoms with Gasteiger partial charge in [-0.1, -0.05) is 42.5 Å². The molecule has 11 heteroatoms. The third-order valence-electron chi connectivity index (χ3n) is 7.02. The van der Waals surface area contributed by atoms with Gasteiger partial charge in [-0.3, -0.25) is 9.59 Å². The number of nitrogens with one attached hydrogen (secondary N) is 2. The van der Waals surface area contributed by atoms with Gasteiger partial charge in [0.05, 0.1) is 11.3 Å². The van der Waals surface area contributed by atoms with Crippen molar-refractivity contribution < 1.29 is 19.5 Å². The fraction of sp³-hybridized carbons (Fsp3) is 0.367. The minimum Gasteiger partial charge on any atom is -0.465 e. The van der Waals surface area contributed by atoms with Gasteiger partial charge < -0.3 is 30.4 Å². The second kappa shape index (κ2) is 13.7. The molecule has 41 heavy (non-hydrogen) atoms. The number of amides is 3. The van der Waals surface area contributed by atoms with E-state index in [2.05, 4.69) is 25.4 Å². The number of piperidine rings is 1. The van der Waals surface area contributed by atoms with Crippen LogP contribution in [-0.2, 0) is 0 Å². The molecule has 0 radical (unpaired) electrons. The van der Waals surface area contributed by atoms with Crippen LogP contribution in [0, 0.1) is 0 Å². The number of benzene rings is 2. The molecular formula is C30H37N7O4. The van der Waals surface area contributed by atoms with E-state index in [1.807, 2.05) is 51.4 Å². The van der Waals surface area contributed by atoms with Crippen molar-refractivity contribution >= 4 is 29.4 Å². The normalized spacial score (nSPS) is 13.6. The van der Waals surface area contributed by atoms with E-state index in [1.165, 1.54) is 4.90 Å². The van der Waals surface area contributed by atoms with Gasteiger partial charge >= 0.3 is 6.09 Å². The average molecular weight is 560 g/mol. The van der Waals surface area contributed by atoms with E-state index in [0.717, 1.165) is 18.7 Å². The molecule has 4 rings (SSSR count). The van der Waals surface area contributed by atoms with Crippen LogP contribution >= 0.6 is 0 Å². The van der Waals surface area contributed by atoms with Gasteiger partial charge in [-0.2, -0.15) is 0 Å². The zero-order chi connectivity index (χ0) is 29.4. The first-order chi connectivity index (χ1) is 19.7. The second-order valence-corrected chi connectivity index (χ2v) is 10.2. The molecule has 1 saturated heterocycles. The van der Waals surface area contributed by atoms with Crippen molar-refractivity contribution in [2.24, 2.45) is 0 Å². The number of rotatable bonds is 10. The van der Waals surface area contributed by atoms with E-state index in [4.69, 9.17) is 4.98 Å². The highest BCUT2D eigenvalue weighted by molar-refractivity contribution is 6.08. The Balaban J connectivity index is 1.56. The van der Waals surface area contributed by atoms with Gasteiger partial charge in [0.25, 0.3) is 11.8 Å². The van der Waals surface area contributed by atoms with Crippen LogP contribution in [0.2, 0.25) is 0 Å². The lowest BCUT2D eigenvalue weighted by Gasteiger charge is -2.30. The van der Waals surface area contributed by atoms with Gasteiger partial charge in [0.15, 0.2) is 5.82 Å². The van der Waals surface area contributed by atoms with E-state index < -0.39 is 12.0 Å². The molecule has 1 aromatic heterocycles. The maximum Gasteiger partial charge on any atom is 0.407 e. The third kappa shape index (κ3) is 7.79. The molecule has 0 atom stereocenters. The molecule has 2 aromatic carbocycles. The first kappa shape index (κ1) is 29.5. The van der Waals surface area contributed by atoms with Crippen LogP contribution in [0.4, 0.5) is 16.3 Å². The van der Waals surface area contributed by atoms with E-state index in [9.17, 15) is 19.5 Å². The number of likely N-dealkylation sites (N-methyl/N-ethyl adjacent to an activating group) is 2. The van der Waals surface area contributed by atoms with Crippen LogP contribution < -0.4 is 15.5 Å². The summed E-state index contributed by atoms with van der Waals surface area (Å²) in [4.78, 5) is 52.9. The number of anilines is 2. The molecule has 216 valence electrons. The molecule has 0 spiro atoms. The third-order valence-corrected chi connectivity index (χ3v) is 7.02. The van der Waals surface area contributed by atoms with Crippen LogP contribution in [0.25, 0.3) is 11.4 Å². The lowest BCUT2D eigenvalue weighted by molar-refractivity contribution is 0.0908. The summed E-state index contributed by atoms with van der Waals surface area (Å²) in [6.45, 7) is 5.01. The molecule has 3 amide bonds. The van der Waals surface area contributed by atoms with Crippen LogP contribution in [0.15, 0.2) is 60.7 Å². The Hall–Kier alpha value is -4.51. The molecule has 0 saturated carbocycles. The zero-order valence-electron chi connectivity index (χ0n) is 23.7. The average Bonchev–Trinajstić information content (AvgIpc) is 2.98. The number of hydrogen-bond donors (Lipinski definition) is 3. The molecule has 1 aliphatic heterocycles. The summed E-state index contributed by atoms with van der Waals surface area (Å²) in [5, 5.41) is 15.0. The van der Waals surface area contributed by atoms with Gasteiger partial charge in [-0.05, 0) is 46.0 Å². The van der Waals surface area contributed by atoms with E-state index in [1.54, 1.807) is 30.3 Å². The Labute approximate surface area is 240 Å². The van der Waals surface area contributed by atoms with Crippen LogP contribution in [0.3, 0.4) is 0 Å². The van der Waals surface area contributed by atoms with Crippen molar-refractivity contribution in [2.75, 3.05) is 57.0 Å². The zero-order valence-corrected chi connectivity index (χ0v) is 23.7. The van der Waals surface area contributed by atoms with Gasteiger partial charge in [0.2, 0.25) is 0 Å². The molecule has 0 unspecified atom stereocenters. The lowest BCUT2D eigenvalue weighted by Crippen LogP contribution is -2.46. The maximum atomic E-state index is 13.6. The summed E-state index contributed by atoms with van der Waals surface area (Å²) < 4.78 is 0. The fourth-order valence-corrected chi connectivity index (χ4v) is 4.64. The molecule has 3 aromatic rings. The molecular weight excluding hydrogens is 522 g/mol. The largest absolute Gasteiger partial charge is 0.465 e. The predicted molar refractivity (Wildman–Crippen MR) is 158 cm³/mol. The quantitative estimate of drug-likeness (QED) is 0.343. The highest BCUT2D eigenvalue weighted by Crippen LogP contribution is 2.23. The van der Waals surface area contributed by atoms with Gasteiger partial charge in [0.1, 0.15) is 11.5 Å². The first-order valence-corrected chi connectivity index (χ1v) is 13.8. The summed E-state index contributed by atoms with van der Waals surface area (Å²) in [6, 6.07) is 17.8. The molecule has 2 heterocycles. The number of carboxylic acid groups (broad SMARTS) is 1. The first-order valence-electron chi connectivity index (χ1n) is 13.8. The second-order valence-electron chi connectivity index (χ2n) is 10.2. The fourth-order valence-electron chi connectivity index (χ4n) is 4.64. The highest BCUT2D eigenvalue weighted by atomic mass is 16.4. The Morgan fingerprint density at radius 3 is 2.29 bits per heavy atom. The number of carbonyl (C=O) groups is 3. The molecule has 1 aliphatic rings. The topological polar surface area (TPSA) is 131 Å². The van der Waals surface area contributed by atoms with Gasteiger partial charge in [-0.15, -0.1) is 0 Å². The number of hydrogen-bond acceptors (Lipinski definition) is 7. The van der Waals surface area contributed by atoms with E-state index >= 15 is 0 Å². The maximum absolute atomic E-state index is 13.6. The van der Waals surface area contributed by atoms with Crippen LogP contribution in [0.1, 0.15) is 40.6 Å². The van der Waals surface area contributed by atoms with Crippen LogP contribution in [0.5, 0.6) is 0 Å². The molecule has 0 aliphatic carbocycles. The molecule has 11 nitrogen and oxygen atoms in total. The standard InChI is InChI=1S/C30H37N7O4/c1-4-36(19-18-35(2)3)26-20-25(32-27(34-26)21-10-6-5-7-11-21)29(39)33-24-13-9-8-12-23(24)28(38)31-22-14-16-37(17-15-22)30(40)41/h5-13,20,22H,4,14-19H2,1-3H3,(H,31,38)(H,33,39)(H,40,41). The van der Waals surface area contributed by atoms with Crippen molar-refractivity contribution in [1.29, 1.82) is 0 Å². The highest BCUT2D eigenvalue weighted by Gasteiger charge is 2.25. The van der Waals surface area contributed by atoms with Gasteiger partial charge in [-0.25, -0.2) is 14.8 Å². The monoisotopic (exact) mass is 559 g/mol. The Kier molecular flexibility index (Phi) is 9.86.